The smallest absolute Gasteiger partial charge is 0.250 e. The number of anilines is 1. The van der Waals surface area contributed by atoms with Crippen LogP contribution in [0.4, 0.5) is 5.82 Å². The van der Waals surface area contributed by atoms with Crippen molar-refractivity contribution in [3.8, 4) is 0 Å². The van der Waals surface area contributed by atoms with Gasteiger partial charge in [-0.2, -0.15) is 0 Å². The van der Waals surface area contributed by atoms with Crippen LogP contribution < -0.4 is 10.9 Å². The number of hydrogen-bond acceptors (Lipinski definition) is 4. The first-order valence-corrected chi connectivity index (χ1v) is 8.21. The number of amides is 1. The summed E-state index contributed by atoms with van der Waals surface area (Å²) in [6, 6.07) is 9.09. The highest BCUT2D eigenvalue weighted by Crippen LogP contribution is 2.19. The molecule has 1 atom stereocenters. The first-order chi connectivity index (χ1) is 11.6. The minimum absolute atomic E-state index is 0.00560. The Kier molecular flexibility index (Phi) is 5.05. The third-order valence-corrected chi connectivity index (χ3v) is 4.37. The van der Waals surface area contributed by atoms with Gasteiger partial charge in [0.05, 0.1) is 5.92 Å². The number of nitrogens with zero attached hydrogens (tertiary/aromatic N) is 3. The molecule has 1 saturated heterocycles. The van der Waals surface area contributed by atoms with Crippen LogP contribution in [0.15, 0.2) is 47.5 Å². The van der Waals surface area contributed by atoms with Crippen LogP contribution in [0.5, 0.6) is 0 Å². The van der Waals surface area contributed by atoms with Crippen LogP contribution in [0.2, 0.25) is 0 Å². The molecule has 0 radical (unpaired) electrons. The molecule has 0 aromatic carbocycles. The zero-order valence-corrected chi connectivity index (χ0v) is 13.8. The maximum Gasteiger partial charge on any atom is 0.250 e. The number of aromatic nitrogens is 2. The van der Waals surface area contributed by atoms with Crippen molar-refractivity contribution in [2.75, 3.05) is 18.4 Å². The Morgan fingerprint density at radius 1 is 1.38 bits per heavy atom. The Labute approximate surface area is 141 Å². The van der Waals surface area contributed by atoms with Crippen LogP contribution in [-0.4, -0.2) is 33.4 Å². The normalized spacial score (nSPS) is 18.3. The van der Waals surface area contributed by atoms with Crippen LogP contribution in [-0.2, 0) is 18.4 Å². The van der Waals surface area contributed by atoms with E-state index in [0.717, 1.165) is 24.9 Å². The zero-order valence-electron chi connectivity index (χ0n) is 13.8. The average Bonchev–Trinajstić information content (AvgIpc) is 2.59. The average molecular weight is 326 g/mol. The van der Waals surface area contributed by atoms with Gasteiger partial charge in [0.15, 0.2) is 0 Å². The molecule has 1 aliphatic rings. The molecule has 1 fully saturated rings. The van der Waals surface area contributed by atoms with Gasteiger partial charge in [-0.05, 0) is 43.1 Å². The third kappa shape index (κ3) is 4.08. The number of likely N-dealkylation sites (tertiary alicyclic amines) is 1. The number of carbonyl (C=O) groups excluding carboxylic acids is 1. The number of nitrogens with one attached hydrogen (secondary N) is 1. The number of rotatable bonds is 4. The molecule has 0 spiro atoms. The van der Waals surface area contributed by atoms with E-state index in [4.69, 9.17) is 0 Å². The van der Waals surface area contributed by atoms with Crippen molar-refractivity contribution >= 4 is 11.7 Å². The van der Waals surface area contributed by atoms with Gasteiger partial charge in [0.2, 0.25) is 5.91 Å². The lowest BCUT2D eigenvalue weighted by atomic mass is 9.96. The molecule has 1 unspecified atom stereocenters. The Morgan fingerprint density at radius 2 is 2.25 bits per heavy atom. The van der Waals surface area contributed by atoms with Gasteiger partial charge >= 0.3 is 0 Å². The van der Waals surface area contributed by atoms with E-state index in [1.807, 2.05) is 18.2 Å². The van der Waals surface area contributed by atoms with Crippen LogP contribution >= 0.6 is 0 Å². The molecule has 3 heterocycles. The summed E-state index contributed by atoms with van der Waals surface area (Å²) >= 11 is 0. The van der Waals surface area contributed by atoms with E-state index in [2.05, 4.69) is 15.2 Å². The van der Waals surface area contributed by atoms with Crippen LogP contribution in [0.25, 0.3) is 0 Å². The van der Waals surface area contributed by atoms with Crippen molar-refractivity contribution in [2.24, 2.45) is 13.0 Å². The lowest BCUT2D eigenvalue weighted by molar-refractivity contribution is -0.121. The van der Waals surface area contributed by atoms with Gasteiger partial charge in [-0.25, -0.2) is 4.98 Å². The molecule has 24 heavy (non-hydrogen) atoms. The van der Waals surface area contributed by atoms with Crippen LogP contribution in [0.3, 0.4) is 0 Å². The fourth-order valence-corrected chi connectivity index (χ4v) is 3.02. The second-order valence-corrected chi connectivity index (χ2v) is 6.26. The maximum absolute atomic E-state index is 12.4. The SMILES string of the molecule is Cn1ccc(CN2CCCC(C(=O)Nc3ccccn3)C2)cc1=O. The Morgan fingerprint density at radius 3 is 3.00 bits per heavy atom. The molecule has 1 aliphatic heterocycles. The molecule has 0 aliphatic carbocycles. The largest absolute Gasteiger partial charge is 0.319 e. The van der Waals surface area contributed by atoms with E-state index < -0.39 is 0 Å². The second kappa shape index (κ2) is 7.40. The quantitative estimate of drug-likeness (QED) is 0.927. The summed E-state index contributed by atoms with van der Waals surface area (Å²) in [7, 11) is 1.74. The second-order valence-electron chi connectivity index (χ2n) is 6.26. The van der Waals surface area contributed by atoms with Crippen molar-refractivity contribution in [3.63, 3.8) is 0 Å². The van der Waals surface area contributed by atoms with E-state index in [0.29, 0.717) is 18.9 Å². The molecule has 126 valence electrons. The molecular weight excluding hydrogens is 304 g/mol. The van der Waals surface area contributed by atoms with Crippen molar-refractivity contribution in [1.29, 1.82) is 0 Å². The molecule has 1 amide bonds. The number of piperidine rings is 1. The molecule has 6 nitrogen and oxygen atoms in total. The van der Waals surface area contributed by atoms with Crippen molar-refractivity contribution in [2.45, 2.75) is 19.4 Å². The highest BCUT2D eigenvalue weighted by Gasteiger charge is 2.26. The standard InChI is InChI=1S/C18H22N4O2/c1-21-10-7-14(11-17(21)23)12-22-9-4-5-15(13-22)18(24)20-16-6-2-3-8-19-16/h2-3,6-8,10-11,15H,4-5,9,12-13H2,1H3,(H,19,20,24). The van der Waals surface area contributed by atoms with E-state index in [9.17, 15) is 9.59 Å². The number of hydrogen-bond donors (Lipinski definition) is 1. The number of pyridine rings is 2. The third-order valence-electron chi connectivity index (χ3n) is 4.37. The Balaban J connectivity index is 1.60. The van der Waals surface area contributed by atoms with Crippen LogP contribution in [0, 0.1) is 5.92 Å². The summed E-state index contributed by atoms with van der Waals surface area (Å²) in [4.78, 5) is 30.5. The lowest BCUT2D eigenvalue weighted by Crippen LogP contribution is -2.40. The fourth-order valence-electron chi connectivity index (χ4n) is 3.02. The molecule has 6 heteroatoms. The summed E-state index contributed by atoms with van der Waals surface area (Å²) < 4.78 is 1.56. The summed E-state index contributed by atoms with van der Waals surface area (Å²) in [5, 5.41) is 2.88. The van der Waals surface area contributed by atoms with Gasteiger partial charge in [0.1, 0.15) is 5.82 Å². The summed E-state index contributed by atoms with van der Waals surface area (Å²) in [6.45, 7) is 2.35. The maximum atomic E-state index is 12.4. The summed E-state index contributed by atoms with van der Waals surface area (Å²) in [5.41, 5.74) is 0.984. The molecule has 1 N–H and O–H groups in total. The minimum atomic E-state index is -0.0488. The van der Waals surface area contributed by atoms with Crippen LogP contribution in [0.1, 0.15) is 18.4 Å². The van der Waals surface area contributed by atoms with Crippen molar-refractivity contribution in [1.82, 2.24) is 14.5 Å². The topological polar surface area (TPSA) is 67.2 Å². The molecule has 2 aromatic heterocycles. The molecule has 0 bridgehead atoms. The van der Waals surface area contributed by atoms with E-state index in [1.165, 1.54) is 0 Å². The minimum Gasteiger partial charge on any atom is -0.319 e. The van der Waals surface area contributed by atoms with E-state index >= 15 is 0 Å². The van der Waals surface area contributed by atoms with E-state index in [1.54, 1.807) is 36.1 Å². The number of carbonyl (C=O) groups is 1. The summed E-state index contributed by atoms with van der Waals surface area (Å²) in [6.07, 6.45) is 5.31. The zero-order chi connectivity index (χ0) is 16.9. The Hall–Kier alpha value is -2.47. The van der Waals surface area contributed by atoms with Gasteiger partial charge in [-0.15, -0.1) is 0 Å². The first kappa shape index (κ1) is 16.4. The molecule has 2 aromatic rings. The van der Waals surface area contributed by atoms with Crippen molar-refractivity contribution in [3.05, 3.63) is 58.6 Å². The predicted octanol–water partition coefficient (Wildman–Crippen LogP) is 1.63. The van der Waals surface area contributed by atoms with Gasteiger partial charge < -0.3 is 9.88 Å². The fraction of sp³-hybridized carbons (Fsp3) is 0.389. The van der Waals surface area contributed by atoms with Crippen molar-refractivity contribution < 1.29 is 4.79 Å². The van der Waals surface area contributed by atoms with E-state index in [-0.39, 0.29) is 17.4 Å². The number of aryl methyl sites for hydroxylation is 1. The van der Waals surface area contributed by atoms with Gasteiger partial charge in [0.25, 0.3) is 5.56 Å². The monoisotopic (exact) mass is 326 g/mol. The molecular formula is C18H22N4O2. The molecule has 3 rings (SSSR count). The first-order valence-electron chi connectivity index (χ1n) is 8.21. The summed E-state index contributed by atoms with van der Waals surface area (Å²) in [5.74, 6) is 0.556. The highest BCUT2D eigenvalue weighted by atomic mass is 16.2. The van der Waals surface area contributed by atoms with Gasteiger partial charge in [-0.1, -0.05) is 6.07 Å². The lowest BCUT2D eigenvalue weighted by Gasteiger charge is -2.31. The Bertz CT molecular complexity index is 757. The molecule has 0 saturated carbocycles. The van der Waals surface area contributed by atoms with Gasteiger partial charge in [0, 0.05) is 38.6 Å². The predicted molar refractivity (Wildman–Crippen MR) is 92.6 cm³/mol. The highest BCUT2D eigenvalue weighted by molar-refractivity contribution is 5.91. The van der Waals surface area contributed by atoms with Gasteiger partial charge in [-0.3, -0.25) is 14.5 Å².